The molecule has 0 aliphatic heterocycles. The molecule has 0 fully saturated rings. The van der Waals surface area contributed by atoms with E-state index in [2.05, 4.69) is 181 Å². The molecular weight excluding hydrogens is 619 g/mol. The molecule has 0 saturated heterocycles. The number of para-hydroxylation sites is 2. The number of hydrogen-bond donors (Lipinski definition) is 1. The third-order valence-electron chi connectivity index (χ3n) is 10.3. The average molecular weight is 654 g/mol. The zero-order chi connectivity index (χ0) is 34.2. The van der Waals surface area contributed by atoms with E-state index >= 15 is 0 Å². The highest BCUT2D eigenvalue weighted by molar-refractivity contribution is 5.89. The van der Waals surface area contributed by atoms with Gasteiger partial charge in [0.1, 0.15) is 5.75 Å². The van der Waals surface area contributed by atoms with E-state index in [0.717, 1.165) is 50.4 Å². The van der Waals surface area contributed by atoms with Crippen LogP contribution in [0, 0.1) is 0 Å². The molecule has 0 unspecified atom stereocenters. The highest BCUT2D eigenvalue weighted by Crippen LogP contribution is 2.58. The molecule has 0 radical (unpaired) electrons. The molecule has 242 valence electrons. The molecule has 0 atom stereocenters. The quantitative estimate of drug-likeness (QED) is 0.185. The fourth-order valence-electron chi connectivity index (χ4n) is 8.01. The molecule has 1 N–H and O–H groups in total. The van der Waals surface area contributed by atoms with Crippen molar-refractivity contribution in [1.29, 1.82) is 0 Å². The van der Waals surface area contributed by atoms with Crippen molar-refractivity contribution in [3.63, 3.8) is 0 Å². The summed E-state index contributed by atoms with van der Waals surface area (Å²) in [6, 6.07) is 72.4. The van der Waals surface area contributed by atoms with Crippen LogP contribution in [0.2, 0.25) is 0 Å². The highest BCUT2D eigenvalue weighted by Gasteiger charge is 2.47. The smallest absolute Gasteiger partial charge is 0.128 e. The minimum absolute atomic E-state index is 0.295. The predicted octanol–water partition coefficient (Wildman–Crippen LogP) is 12.6. The molecule has 51 heavy (non-hydrogen) atoms. The van der Waals surface area contributed by atoms with Gasteiger partial charge in [0.15, 0.2) is 0 Å². The Labute approximate surface area is 299 Å². The van der Waals surface area contributed by atoms with Crippen LogP contribution in [0.15, 0.2) is 206 Å². The van der Waals surface area contributed by atoms with E-state index in [1.807, 2.05) is 30.3 Å². The molecule has 0 aromatic heterocycles. The number of nitrogens with zero attached hydrogens (tertiary/aromatic N) is 1. The van der Waals surface area contributed by atoms with Crippen molar-refractivity contribution in [2.75, 3.05) is 4.90 Å². The SMILES string of the molecule is Oc1c(-c2ccccc2)cccc1C1(c2ccc(N(c3ccccc3)c3ccc(-c4ccccc4)cc3)cc2)c2ccccc2-c2ccccc21. The Morgan fingerprint density at radius 1 is 0.314 bits per heavy atom. The van der Waals surface area contributed by atoms with Crippen molar-refractivity contribution in [2.45, 2.75) is 5.41 Å². The lowest BCUT2D eigenvalue weighted by Crippen LogP contribution is -2.29. The van der Waals surface area contributed by atoms with Gasteiger partial charge in [-0.15, -0.1) is 0 Å². The maximum Gasteiger partial charge on any atom is 0.128 e. The first kappa shape index (κ1) is 30.4. The number of phenolic OH excluding ortho intramolecular Hbond substituents is 1. The third-order valence-corrected chi connectivity index (χ3v) is 10.3. The predicted molar refractivity (Wildman–Crippen MR) is 211 cm³/mol. The summed E-state index contributed by atoms with van der Waals surface area (Å²) in [4.78, 5) is 2.30. The Morgan fingerprint density at radius 2 is 0.725 bits per heavy atom. The highest BCUT2D eigenvalue weighted by atomic mass is 16.3. The number of fused-ring (bicyclic) bond motifs is 3. The summed E-state index contributed by atoms with van der Waals surface area (Å²) in [6.45, 7) is 0. The first-order valence-corrected chi connectivity index (χ1v) is 17.4. The lowest BCUT2D eigenvalue weighted by molar-refractivity contribution is 0.463. The van der Waals surface area contributed by atoms with Crippen molar-refractivity contribution in [1.82, 2.24) is 0 Å². The Hall–Kier alpha value is -6.64. The van der Waals surface area contributed by atoms with Gasteiger partial charge < -0.3 is 10.0 Å². The van der Waals surface area contributed by atoms with E-state index in [9.17, 15) is 5.11 Å². The largest absolute Gasteiger partial charge is 0.507 e. The van der Waals surface area contributed by atoms with Crippen LogP contribution in [0.25, 0.3) is 33.4 Å². The second kappa shape index (κ2) is 12.7. The molecule has 2 heteroatoms. The minimum atomic E-state index is -0.741. The van der Waals surface area contributed by atoms with E-state index in [1.165, 1.54) is 22.3 Å². The Kier molecular flexibility index (Phi) is 7.56. The summed E-state index contributed by atoms with van der Waals surface area (Å²) in [5.74, 6) is 0.295. The Balaban J connectivity index is 1.23. The molecule has 0 bridgehead atoms. The maximum atomic E-state index is 12.3. The van der Waals surface area contributed by atoms with Crippen LogP contribution in [0.4, 0.5) is 17.1 Å². The number of phenols is 1. The standard InChI is InChI=1S/C49H35NO/c51-48-42(37-17-6-2-7-18-37)23-14-26-47(48)49(45-24-12-10-21-43(45)44-22-11-13-25-46(44)49)38-29-33-41(34-30-38)50(39-19-8-3-9-20-39)40-31-27-36(28-32-40)35-15-4-1-5-16-35/h1-34,51H. The molecule has 0 heterocycles. The minimum Gasteiger partial charge on any atom is -0.507 e. The number of hydrogen-bond acceptors (Lipinski definition) is 2. The van der Waals surface area contributed by atoms with Crippen LogP contribution >= 0.6 is 0 Å². The van der Waals surface area contributed by atoms with Crippen molar-refractivity contribution >= 4 is 17.1 Å². The van der Waals surface area contributed by atoms with Crippen LogP contribution in [0.3, 0.4) is 0 Å². The van der Waals surface area contributed by atoms with Crippen LogP contribution in [-0.2, 0) is 5.41 Å². The van der Waals surface area contributed by atoms with Crippen molar-refractivity contribution < 1.29 is 5.11 Å². The van der Waals surface area contributed by atoms with E-state index in [1.54, 1.807) is 0 Å². The van der Waals surface area contributed by atoms with E-state index in [4.69, 9.17) is 0 Å². The summed E-state index contributed by atoms with van der Waals surface area (Å²) < 4.78 is 0. The zero-order valence-corrected chi connectivity index (χ0v) is 28.0. The zero-order valence-electron chi connectivity index (χ0n) is 28.0. The molecule has 1 aliphatic rings. The number of aromatic hydroxyl groups is 1. The second-order valence-corrected chi connectivity index (χ2v) is 13.0. The molecular formula is C49H35NO. The van der Waals surface area contributed by atoms with Gasteiger partial charge in [-0.3, -0.25) is 0 Å². The topological polar surface area (TPSA) is 23.5 Å². The average Bonchev–Trinajstić information content (AvgIpc) is 3.51. The fraction of sp³-hybridized carbons (Fsp3) is 0.0204. The van der Waals surface area contributed by atoms with Gasteiger partial charge in [-0.1, -0.05) is 170 Å². The van der Waals surface area contributed by atoms with Gasteiger partial charge in [-0.05, 0) is 80.9 Å². The van der Waals surface area contributed by atoms with E-state index in [-0.39, 0.29) is 0 Å². The third kappa shape index (κ3) is 5.04. The molecule has 0 amide bonds. The Bertz CT molecular complexity index is 2410. The summed E-state index contributed by atoms with van der Waals surface area (Å²) in [7, 11) is 0. The van der Waals surface area contributed by atoms with E-state index < -0.39 is 5.41 Å². The van der Waals surface area contributed by atoms with Crippen LogP contribution in [0.5, 0.6) is 5.75 Å². The van der Waals surface area contributed by atoms with Gasteiger partial charge in [-0.2, -0.15) is 0 Å². The molecule has 9 rings (SSSR count). The first-order valence-electron chi connectivity index (χ1n) is 17.4. The van der Waals surface area contributed by atoms with Crippen LogP contribution in [0.1, 0.15) is 22.3 Å². The number of anilines is 3. The van der Waals surface area contributed by atoms with Gasteiger partial charge in [0, 0.05) is 28.2 Å². The van der Waals surface area contributed by atoms with Gasteiger partial charge in [0.05, 0.1) is 5.41 Å². The van der Waals surface area contributed by atoms with Crippen molar-refractivity contribution in [3.05, 3.63) is 229 Å². The summed E-state index contributed by atoms with van der Waals surface area (Å²) in [5.41, 5.74) is 13.3. The summed E-state index contributed by atoms with van der Waals surface area (Å²) >= 11 is 0. The number of rotatable bonds is 7. The molecule has 0 saturated carbocycles. The lowest BCUT2D eigenvalue weighted by Gasteiger charge is -2.35. The number of benzene rings is 8. The molecule has 0 spiro atoms. The molecule has 1 aliphatic carbocycles. The van der Waals surface area contributed by atoms with Crippen LogP contribution < -0.4 is 4.90 Å². The van der Waals surface area contributed by atoms with Gasteiger partial charge in [0.25, 0.3) is 0 Å². The summed E-state index contributed by atoms with van der Waals surface area (Å²) in [5, 5.41) is 12.3. The van der Waals surface area contributed by atoms with Gasteiger partial charge >= 0.3 is 0 Å². The second-order valence-electron chi connectivity index (χ2n) is 13.0. The van der Waals surface area contributed by atoms with Crippen molar-refractivity contribution in [3.8, 4) is 39.1 Å². The molecule has 2 nitrogen and oxygen atoms in total. The molecule has 8 aromatic rings. The normalized spacial score (nSPS) is 12.5. The van der Waals surface area contributed by atoms with Crippen LogP contribution in [-0.4, -0.2) is 5.11 Å². The van der Waals surface area contributed by atoms with Crippen molar-refractivity contribution in [2.24, 2.45) is 0 Å². The van der Waals surface area contributed by atoms with Gasteiger partial charge in [-0.25, -0.2) is 0 Å². The van der Waals surface area contributed by atoms with E-state index in [0.29, 0.717) is 5.75 Å². The maximum absolute atomic E-state index is 12.3. The summed E-state index contributed by atoms with van der Waals surface area (Å²) in [6.07, 6.45) is 0. The monoisotopic (exact) mass is 653 g/mol. The lowest BCUT2D eigenvalue weighted by atomic mass is 9.67. The molecule has 8 aromatic carbocycles. The Morgan fingerprint density at radius 3 is 1.31 bits per heavy atom. The first-order chi connectivity index (χ1) is 25.2. The fourth-order valence-corrected chi connectivity index (χ4v) is 8.01. The van der Waals surface area contributed by atoms with Gasteiger partial charge in [0.2, 0.25) is 0 Å².